The minimum atomic E-state index is -0.459. The van der Waals surface area contributed by atoms with Gasteiger partial charge in [-0.15, -0.1) is 0 Å². The molecule has 1 aliphatic rings. The standard InChI is InChI=1S/C13H12BrN3O/c14-8-1-3-9(4-2-8)17-13-12-10(15-7-16-13)5-6-11(12)18/h1-4,7,11,18H,5-6H2,(H,15,16,17). The van der Waals surface area contributed by atoms with Crippen molar-refractivity contribution in [1.82, 2.24) is 9.97 Å². The molecule has 18 heavy (non-hydrogen) atoms. The van der Waals surface area contributed by atoms with Gasteiger partial charge in [-0.2, -0.15) is 0 Å². The monoisotopic (exact) mass is 305 g/mol. The van der Waals surface area contributed by atoms with Crippen molar-refractivity contribution >= 4 is 27.4 Å². The van der Waals surface area contributed by atoms with Crippen LogP contribution in [0.5, 0.6) is 0 Å². The molecule has 92 valence electrons. The van der Waals surface area contributed by atoms with Crippen LogP contribution in [-0.2, 0) is 6.42 Å². The van der Waals surface area contributed by atoms with Crippen molar-refractivity contribution in [3.63, 3.8) is 0 Å². The van der Waals surface area contributed by atoms with Gasteiger partial charge in [0.05, 0.1) is 11.8 Å². The Balaban J connectivity index is 1.94. The molecule has 1 heterocycles. The highest BCUT2D eigenvalue weighted by Crippen LogP contribution is 2.35. The molecule has 2 aromatic rings. The third-order valence-electron chi connectivity index (χ3n) is 3.06. The number of aryl methyl sites for hydroxylation is 1. The average Bonchev–Trinajstić information content (AvgIpc) is 2.75. The number of hydrogen-bond acceptors (Lipinski definition) is 4. The molecule has 0 saturated carbocycles. The molecule has 0 aliphatic heterocycles. The zero-order valence-electron chi connectivity index (χ0n) is 9.60. The van der Waals surface area contributed by atoms with E-state index in [2.05, 4.69) is 31.2 Å². The Labute approximate surface area is 113 Å². The van der Waals surface area contributed by atoms with Gasteiger partial charge in [-0.25, -0.2) is 9.97 Å². The summed E-state index contributed by atoms with van der Waals surface area (Å²) < 4.78 is 1.03. The smallest absolute Gasteiger partial charge is 0.139 e. The number of halogens is 1. The Hall–Kier alpha value is -1.46. The molecule has 1 atom stereocenters. The molecule has 2 N–H and O–H groups in total. The largest absolute Gasteiger partial charge is 0.388 e. The van der Waals surface area contributed by atoms with Gasteiger partial charge in [-0.05, 0) is 37.1 Å². The molecule has 0 saturated heterocycles. The van der Waals surface area contributed by atoms with Crippen molar-refractivity contribution < 1.29 is 5.11 Å². The van der Waals surface area contributed by atoms with Crippen molar-refractivity contribution in [2.45, 2.75) is 18.9 Å². The summed E-state index contributed by atoms with van der Waals surface area (Å²) in [5, 5.41) is 13.2. The van der Waals surface area contributed by atoms with Gasteiger partial charge in [0.15, 0.2) is 0 Å². The molecule has 0 amide bonds. The number of aliphatic hydroxyl groups excluding tert-OH is 1. The third kappa shape index (κ3) is 2.11. The second-order valence-electron chi connectivity index (χ2n) is 4.27. The van der Waals surface area contributed by atoms with Crippen molar-refractivity contribution in [3.8, 4) is 0 Å². The molecule has 5 heteroatoms. The Morgan fingerprint density at radius 3 is 2.78 bits per heavy atom. The normalized spacial score (nSPS) is 17.6. The molecule has 1 aromatic heterocycles. The molecule has 4 nitrogen and oxygen atoms in total. The highest BCUT2D eigenvalue weighted by atomic mass is 79.9. The van der Waals surface area contributed by atoms with Crippen molar-refractivity contribution in [1.29, 1.82) is 0 Å². The number of hydrogen-bond donors (Lipinski definition) is 2. The first kappa shape index (κ1) is 11.6. The second kappa shape index (κ2) is 4.66. The van der Waals surface area contributed by atoms with E-state index in [-0.39, 0.29) is 0 Å². The first-order chi connectivity index (χ1) is 8.74. The number of fused-ring (bicyclic) bond motifs is 1. The third-order valence-corrected chi connectivity index (χ3v) is 3.59. The van der Waals surface area contributed by atoms with Crippen LogP contribution in [0.3, 0.4) is 0 Å². The summed E-state index contributed by atoms with van der Waals surface area (Å²) in [7, 11) is 0. The van der Waals surface area contributed by atoms with E-state index < -0.39 is 6.10 Å². The number of anilines is 2. The second-order valence-corrected chi connectivity index (χ2v) is 5.18. The lowest BCUT2D eigenvalue weighted by atomic mass is 10.2. The van der Waals surface area contributed by atoms with E-state index in [1.54, 1.807) is 0 Å². The SMILES string of the molecule is OC1CCc2ncnc(Nc3ccc(Br)cc3)c21. The van der Waals surface area contributed by atoms with Crippen LogP contribution in [0.15, 0.2) is 35.1 Å². The van der Waals surface area contributed by atoms with E-state index in [1.165, 1.54) is 6.33 Å². The van der Waals surface area contributed by atoms with E-state index in [4.69, 9.17) is 0 Å². The van der Waals surface area contributed by atoms with Crippen LogP contribution >= 0.6 is 15.9 Å². The maximum atomic E-state index is 9.96. The fraction of sp³-hybridized carbons (Fsp3) is 0.231. The molecule has 1 aliphatic carbocycles. The maximum Gasteiger partial charge on any atom is 0.139 e. The highest BCUT2D eigenvalue weighted by molar-refractivity contribution is 9.10. The first-order valence-corrected chi connectivity index (χ1v) is 6.58. The van der Waals surface area contributed by atoms with Crippen LogP contribution in [0, 0.1) is 0 Å². The molecular formula is C13H12BrN3O. The van der Waals surface area contributed by atoms with Gasteiger partial charge in [-0.1, -0.05) is 15.9 Å². The van der Waals surface area contributed by atoms with Crippen molar-refractivity contribution in [2.75, 3.05) is 5.32 Å². The number of aromatic nitrogens is 2. The van der Waals surface area contributed by atoms with E-state index >= 15 is 0 Å². The summed E-state index contributed by atoms with van der Waals surface area (Å²) in [5.41, 5.74) is 2.72. The van der Waals surface area contributed by atoms with Crippen LogP contribution in [0.25, 0.3) is 0 Å². The number of benzene rings is 1. The number of rotatable bonds is 2. The van der Waals surface area contributed by atoms with Crippen molar-refractivity contribution in [3.05, 3.63) is 46.3 Å². The zero-order chi connectivity index (χ0) is 12.5. The summed E-state index contributed by atoms with van der Waals surface area (Å²) in [6, 6.07) is 7.83. The number of aliphatic hydroxyl groups is 1. The summed E-state index contributed by atoms with van der Waals surface area (Å²) >= 11 is 3.40. The average molecular weight is 306 g/mol. The van der Waals surface area contributed by atoms with E-state index in [9.17, 15) is 5.11 Å². The Morgan fingerprint density at radius 2 is 2.00 bits per heavy atom. The van der Waals surface area contributed by atoms with E-state index in [0.29, 0.717) is 5.82 Å². The van der Waals surface area contributed by atoms with E-state index in [0.717, 1.165) is 34.3 Å². The van der Waals surface area contributed by atoms with Crippen molar-refractivity contribution in [2.24, 2.45) is 0 Å². The van der Waals surface area contributed by atoms with Crippen LogP contribution in [0.2, 0.25) is 0 Å². The Morgan fingerprint density at radius 1 is 1.22 bits per heavy atom. The zero-order valence-corrected chi connectivity index (χ0v) is 11.2. The van der Waals surface area contributed by atoms with Crippen LogP contribution in [0.4, 0.5) is 11.5 Å². The molecule has 0 fully saturated rings. The minimum Gasteiger partial charge on any atom is -0.388 e. The molecule has 1 aromatic carbocycles. The highest BCUT2D eigenvalue weighted by Gasteiger charge is 2.25. The Bertz CT molecular complexity index is 571. The summed E-state index contributed by atoms with van der Waals surface area (Å²) in [6.07, 6.45) is 2.62. The fourth-order valence-corrected chi connectivity index (χ4v) is 2.43. The van der Waals surface area contributed by atoms with Crippen LogP contribution in [0.1, 0.15) is 23.8 Å². The predicted octanol–water partition coefficient (Wildman–Crippen LogP) is 2.96. The maximum absolute atomic E-state index is 9.96. The van der Waals surface area contributed by atoms with Gasteiger partial charge in [0.1, 0.15) is 12.1 Å². The minimum absolute atomic E-state index is 0.459. The summed E-state index contributed by atoms with van der Waals surface area (Å²) in [6.45, 7) is 0. The lowest BCUT2D eigenvalue weighted by Crippen LogP contribution is -2.03. The summed E-state index contributed by atoms with van der Waals surface area (Å²) in [4.78, 5) is 8.43. The van der Waals surface area contributed by atoms with Crippen LogP contribution < -0.4 is 5.32 Å². The lowest BCUT2D eigenvalue weighted by Gasteiger charge is -2.11. The van der Waals surface area contributed by atoms with Gasteiger partial charge >= 0.3 is 0 Å². The fourth-order valence-electron chi connectivity index (χ4n) is 2.17. The number of nitrogens with zero attached hydrogens (tertiary/aromatic N) is 2. The summed E-state index contributed by atoms with van der Waals surface area (Å²) in [5.74, 6) is 0.701. The van der Waals surface area contributed by atoms with Gasteiger partial charge in [0, 0.05) is 15.7 Å². The first-order valence-electron chi connectivity index (χ1n) is 5.78. The lowest BCUT2D eigenvalue weighted by molar-refractivity contribution is 0.180. The molecule has 0 radical (unpaired) electrons. The number of nitrogens with one attached hydrogen (secondary N) is 1. The molecule has 0 bridgehead atoms. The van der Waals surface area contributed by atoms with Gasteiger partial charge in [0.25, 0.3) is 0 Å². The van der Waals surface area contributed by atoms with E-state index in [1.807, 2.05) is 24.3 Å². The predicted molar refractivity (Wildman–Crippen MR) is 72.7 cm³/mol. The topological polar surface area (TPSA) is 58.0 Å². The molecule has 0 spiro atoms. The van der Waals surface area contributed by atoms with Gasteiger partial charge in [0.2, 0.25) is 0 Å². The quantitative estimate of drug-likeness (QED) is 0.895. The van der Waals surface area contributed by atoms with Gasteiger partial charge in [-0.3, -0.25) is 0 Å². The van der Waals surface area contributed by atoms with Gasteiger partial charge < -0.3 is 10.4 Å². The molecule has 1 unspecified atom stereocenters. The Kier molecular flexibility index (Phi) is 3.01. The van der Waals surface area contributed by atoms with Crippen LogP contribution in [-0.4, -0.2) is 15.1 Å². The molecule has 3 rings (SSSR count). The molecular weight excluding hydrogens is 294 g/mol.